The Hall–Kier alpha value is -3.79. The van der Waals surface area contributed by atoms with E-state index >= 15 is 0 Å². The standard InChI is InChI=1S/C27H21NO6S2/c1-17-5-3-7-19(13-17)28(20-8-4-6-18(2)14-20)35(30,31)21-9-11-23-24-12-10-22(36(32,33)34)16-26(24)27(29)25(23)15-21/h3-16H,1-2H3,(H,32,33,34). The second-order valence-corrected chi connectivity index (χ2v) is 11.9. The molecule has 0 aliphatic heterocycles. The van der Waals surface area contributed by atoms with Gasteiger partial charge in [-0.05, 0) is 84.6 Å². The molecule has 0 saturated heterocycles. The highest BCUT2D eigenvalue weighted by molar-refractivity contribution is 7.93. The van der Waals surface area contributed by atoms with Crippen molar-refractivity contribution < 1.29 is 26.2 Å². The largest absolute Gasteiger partial charge is 0.294 e. The molecule has 0 fully saturated rings. The van der Waals surface area contributed by atoms with Crippen LogP contribution in [0, 0.1) is 13.8 Å². The minimum atomic E-state index is -4.50. The highest BCUT2D eigenvalue weighted by Crippen LogP contribution is 2.40. The van der Waals surface area contributed by atoms with Crippen LogP contribution in [-0.4, -0.2) is 27.2 Å². The van der Waals surface area contributed by atoms with Gasteiger partial charge in [0, 0.05) is 11.1 Å². The van der Waals surface area contributed by atoms with Gasteiger partial charge in [-0.1, -0.05) is 36.4 Å². The molecule has 0 radical (unpaired) electrons. The van der Waals surface area contributed by atoms with Crippen LogP contribution >= 0.6 is 0 Å². The van der Waals surface area contributed by atoms with E-state index in [1.807, 2.05) is 26.0 Å². The third-order valence-corrected chi connectivity index (χ3v) is 8.67. The van der Waals surface area contributed by atoms with E-state index < -0.39 is 30.8 Å². The van der Waals surface area contributed by atoms with Crippen molar-refractivity contribution in [3.05, 3.63) is 107 Å². The van der Waals surface area contributed by atoms with Crippen molar-refractivity contribution in [3.63, 3.8) is 0 Å². The Kier molecular flexibility index (Phi) is 5.59. The van der Waals surface area contributed by atoms with Gasteiger partial charge in [0.05, 0.1) is 21.2 Å². The van der Waals surface area contributed by atoms with Crippen LogP contribution in [-0.2, 0) is 20.1 Å². The van der Waals surface area contributed by atoms with Crippen molar-refractivity contribution in [1.82, 2.24) is 0 Å². The quantitative estimate of drug-likeness (QED) is 0.316. The molecule has 0 unspecified atom stereocenters. The highest BCUT2D eigenvalue weighted by atomic mass is 32.2. The Morgan fingerprint density at radius 2 is 1.08 bits per heavy atom. The predicted molar refractivity (Wildman–Crippen MR) is 137 cm³/mol. The summed E-state index contributed by atoms with van der Waals surface area (Å²) in [6.07, 6.45) is 0. The molecule has 5 rings (SSSR count). The van der Waals surface area contributed by atoms with E-state index in [0.717, 1.165) is 17.2 Å². The lowest BCUT2D eigenvalue weighted by molar-refractivity contribution is 0.104. The third-order valence-electron chi connectivity index (χ3n) is 6.07. The summed E-state index contributed by atoms with van der Waals surface area (Å²) >= 11 is 0. The predicted octanol–water partition coefficient (Wildman–Crippen LogP) is 5.29. The lowest BCUT2D eigenvalue weighted by atomic mass is 10.1. The molecule has 7 nitrogen and oxygen atoms in total. The molecule has 0 bridgehead atoms. The first kappa shape index (κ1) is 23.9. The number of sulfonamides is 1. The number of aryl methyl sites for hydroxylation is 2. The molecule has 0 aromatic heterocycles. The number of ketones is 1. The van der Waals surface area contributed by atoms with Gasteiger partial charge in [0.25, 0.3) is 20.1 Å². The summed E-state index contributed by atoms with van der Waals surface area (Å²) in [7, 11) is -8.66. The molecule has 0 spiro atoms. The van der Waals surface area contributed by atoms with Crippen molar-refractivity contribution >= 4 is 37.3 Å². The van der Waals surface area contributed by atoms with Crippen LogP contribution in [0.15, 0.2) is 94.7 Å². The maximum atomic E-state index is 14.0. The average Bonchev–Trinajstić information content (AvgIpc) is 3.10. The lowest BCUT2D eigenvalue weighted by Gasteiger charge is -2.25. The number of anilines is 2. The van der Waals surface area contributed by atoms with Crippen LogP contribution < -0.4 is 4.31 Å². The zero-order chi connectivity index (χ0) is 25.8. The molecule has 4 aromatic carbocycles. The van der Waals surface area contributed by atoms with E-state index in [-0.39, 0.29) is 16.0 Å². The molecule has 0 atom stereocenters. The monoisotopic (exact) mass is 519 g/mol. The van der Waals surface area contributed by atoms with E-state index in [9.17, 15) is 26.2 Å². The zero-order valence-electron chi connectivity index (χ0n) is 19.3. The Balaban J connectivity index is 1.65. The van der Waals surface area contributed by atoms with E-state index in [1.165, 1.54) is 28.6 Å². The molecular weight excluding hydrogens is 498 g/mol. The summed E-state index contributed by atoms with van der Waals surface area (Å²) in [6.45, 7) is 3.74. The number of carbonyl (C=O) groups excluding carboxylic acids is 1. The number of fused-ring (bicyclic) bond motifs is 3. The molecule has 4 aromatic rings. The number of benzene rings is 4. The Bertz CT molecular complexity index is 1730. The number of hydrogen-bond donors (Lipinski definition) is 1. The van der Waals surface area contributed by atoms with Gasteiger partial charge < -0.3 is 0 Å². The average molecular weight is 520 g/mol. The normalized spacial score (nSPS) is 12.8. The van der Waals surface area contributed by atoms with Gasteiger partial charge in [0.2, 0.25) is 0 Å². The Morgan fingerprint density at radius 3 is 1.56 bits per heavy atom. The highest BCUT2D eigenvalue weighted by Gasteiger charge is 2.33. The smallest absolute Gasteiger partial charge is 0.289 e. The summed E-state index contributed by atoms with van der Waals surface area (Å²) in [5, 5.41) is 0. The van der Waals surface area contributed by atoms with Crippen LogP contribution in [0.2, 0.25) is 0 Å². The topological polar surface area (TPSA) is 109 Å². The van der Waals surface area contributed by atoms with Crippen LogP contribution in [0.25, 0.3) is 11.1 Å². The first-order valence-electron chi connectivity index (χ1n) is 11.0. The molecule has 9 heteroatoms. The molecule has 0 saturated carbocycles. The van der Waals surface area contributed by atoms with Gasteiger partial charge >= 0.3 is 0 Å². The maximum absolute atomic E-state index is 14.0. The number of carbonyl (C=O) groups is 1. The number of nitrogens with zero attached hydrogens (tertiary/aromatic N) is 1. The van der Waals surface area contributed by atoms with Crippen LogP contribution in [0.1, 0.15) is 27.0 Å². The first-order valence-corrected chi connectivity index (χ1v) is 13.8. The summed E-state index contributed by atoms with van der Waals surface area (Å²) in [4.78, 5) is 12.7. The Morgan fingerprint density at radius 1 is 0.611 bits per heavy atom. The first-order chi connectivity index (χ1) is 17.0. The maximum Gasteiger partial charge on any atom is 0.294 e. The summed E-state index contributed by atoms with van der Waals surface area (Å²) < 4.78 is 61.8. The van der Waals surface area contributed by atoms with Gasteiger partial charge in [0.1, 0.15) is 0 Å². The van der Waals surface area contributed by atoms with Gasteiger partial charge in [-0.3, -0.25) is 9.35 Å². The van der Waals surface area contributed by atoms with E-state index in [2.05, 4.69) is 0 Å². The second-order valence-electron chi connectivity index (χ2n) is 8.67. The molecule has 1 aliphatic carbocycles. The van der Waals surface area contributed by atoms with Crippen molar-refractivity contribution in [1.29, 1.82) is 0 Å². The summed E-state index contributed by atoms with van der Waals surface area (Å²) in [5.41, 5.74) is 3.87. The molecule has 182 valence electrons. The molecular formula is C27H21NO6S2. The van der Waals surface area contributed by atoms with Crippen molar-refractivity contribution in [2.45, 2.75) is 23.6 Å². The van der Waals surface area contributed by atoms with Gasteiger partial charge in [-0.15, -0.1) is 0 Å². The van der Waals surface area contributed by atoms with E-state index in [0.29, 0.717) is 22.5 Å². The summed E-state index contributed by atoms with van der Waals surface area (Å²) in [6, 6.07) is 22.3. The Labute approximate surface area is 209 Å². The zero-order valence-corrected chi connectivity index (χ0v) is 21.0. The second kappa shape index (κ2) is 8.41. The number of hydrogen-bond acceptors (Lipinski definition) is 5. The fourth-order valence-corrected chi connectivity index (χ4v) is 6.41. The van der Waals surface area contributed by atoms with Crippen molar-refractivity contribution in [2.24, 2.45) is 0 Å². The van der Waals surface area contributed by atoms with E-state index in [4.69, 9.17) is 0 Å². The van der Waals surface area contributed by atoms with Crippen LogP contribution in [0.4, 0.5) is 11.4 Å². The van der Waals surface area contributed by atoms with Crippen molar-refractivity contribution in [3.8, 4) is 11.1 Å². The molecule has 0 heterocycles. The molecule has 36 heavy (non-hydrogen) atoms. The van der Waals surface area contributed by atoms with Gasteiger partial charge in [-0.25, -0.2) is 12.7 Å². The SMILES string of the molecule is Cc1cccc(N(c2cccc(C)c2)S(=O)(=O)c2ccc3c(c2)C(=O)c2cc(S(=O)(=O)O)ccc2-3)c1. The summed E-state index contributed by atoms with van der Waals surface area (Å²) in [5.74, 6) is -0.514. The fraction of sp³-hybridized carbons (Fsp3) is 0.0741. The molecule has 0 amide bonds. The van der Waals surface area contributed by atoms with Crippen LogP contribution in [0.3, 0.4) is 0 Å². The number of rotatable bonds is 5. The fourth-order valence-electron chi connectivity index (χ4n) is 4.40. The van der Waals surface area contributed by atoms with E-state index in [1.54, 1.807) is 42.5 Å². The lowest BCUT2D eigenvalue weighted by Crippen LogP contribution is -2.26. The molecule has 1 aliphatic rings. The minimum Gasteiger partial charge on any atom is -0.289 e. The van der Waals surface area contributed by atoms with Gasteiger partial charge in [0.15, 0.2) is 5.78 Å². The van der Waals surface area contributed by atoms with Crippen LogP contribution in [0.5, 0.6) is 0 Å². The molecule has 1 N–H and O–H groups in total. The van der Waals surface area contributed by atoms with Crippen molar-refractivity contribution in [2.75, 3.05) is 4.31 Å². The third kappa shape index (κ3) is 4.01. The minimum absolute atomic E-state index is 0.0829. The van der Waals surface area contributed by atoms with Gasteiger partial charge in [-0.2, -0.15) is 8.42 Å².